The molecule has 3 aromatic rings. The van der Waals surface area contributed by atoms with Gasteiger partial charge in [0.15, 0.2) is 0 Å². The molecule has 6 rings (SSSR count). The predicted molar refractivity (Wildman–Crippen MR) is 105 cm³/mol. The fraction of sp³-hybridized carbons (Fsp3) is 0.333. The number of carbonyl (C=O) groups is 1. The van der Waals surface area contributed by atoms with Crippen LogP contribution in [-0.4, -0.2) is 49.5 Å². The van der Waals surface area contributed by atoms with Crippen molar-refractivity contribution in [2.24, 2.45) is 11.3 Å². The smallest absolute Gasteiger partial charge is 0.256 e. The summed E-state index contributed by atoms with van der Waals surface area (Å²) in [5.41, 5.74) is 1.52. The number of hydrogen-bond acceptors (Lipinski definition) is 5. The first kappa shape index (κ1) is 17.0. The quantitative estimate of drug-likeness (QED) is 0.664. The molecule has 4 unspecified atom stereocenters. The van der Waals surface area contributed by atoms with Gasteiger partial charge >= 0.3 is 0 Å². The Hall–Kier alpha value is -2.93. The van der Waals surface area contributed by atoms with E-state index < -0.39 is 0 Å². The Bertz CT molecular complexity index is 1090. The highest BCUT2D eigenvalue weighted by molar-refractivity contribution is 6.30. The Balaban J connectivity index is 1.28. The van der Waals surface area contributed by atoms with Crippen LogP contribution in [-0.2, 0) is 0 Å². The molecule has 3 heterocycles. The van der Waals surface area contributed by atoms with Crippen LogP contribution in [0, 0.1) is 11.3 Å². The van der Waals surface area contributed by atoms with Gasteiger partial charge in [0.1, 0.15) is 6.10 Å². The Morgan fingerprint density at radius 2 is 1.97 bits per heavy atom. The number of ether oxygens (including phenoxy) is 1. The van der Waals surface area contributed by atoms with Crippen LogP contribution >= 0.6 is 11.6 Å². The molecule has 8 heteroatoms. The van der Waals surface area contributed by atoms with Gasteiger partial charge in [0, 0.05) is 24.2 Å². The van der Waals surface area contributed by atoms with Gasteiger partial charge in [-0.05, 0) is 37.0 Å². The number of halogens is 1. The molecule has 1 amide bonds. The van der Waals surface area contributed by atoms with Crippen molar-refractivity contribution >= 4 is 17.5 Å². The lowest BCUT2D eigenvalue weighted by Crippen LogP contribution is -2.59. The summed E-state index contributed by atoms with van der Waals surface area (Å²) in [4.78, 5) is 21.3. The number of pyridine rings is 1. The minimum Gasteiger partial charge on any atom is -0.472 e. The van der Waals surface area contributed by atoms with E-state index in [-0.39, 0.29) is 23.5 Å². The molecule has 1 spiro atoms. The maximum atomic E-state index is 13.5. The molecule has 1 aromatic carbocycles. The van der Waals surface area contributed by atoms with Gasteiger partial charge in [0.05, 0.1) is 34.7 Å². The lowest BCUT2D eigenvalue weighted by Gasteiger charge is -2.47. The summed E-state index contributed by atoms with van der Waals surface area (Å²) < 4.78 is 6.14. The summed E-state index contributed by atoms with van der Waals surface area (Å²) in [6.45, 7) is 0.776. The minimum absolute atomic E-state index is 0.00633. The first-order chi connectivity index (χ1) is 14.2. The van der Waals surface area contributed by atoms with E-state index in [9.17, 15) is 4.79 Å². The van der Waals surface area contributed by atoms with E-state index in [4.69, 9.17) is 16.3 Å². The van der Waals surface area contributed by atoms with E-state index in [0.717, 1.165) is 13.0 Å². The van der Waals surface area contributed by atoms with Crippen LogP contribution < -0.4 is 4.74 Å². The normalized spacial score (nSPS) is 29.0. The molecule has 7 nitrogen and oxygen atoms in total. The monoisotopic (exact) mass is 407 g/mol. The molecule has 146 valence electrons. The number of likely N-dealkylation sites (tertiary alicyclic amines) is 1. The number of hydrogen-bond donors (Lipinski definition) is 0. The average molecular weight is 408 g/mol. The van der Waals surface area contributed by atoms with Gasteiger partial charge in [-0.1, -0.05) is 23.7 Å². The fourth-order valence-electron chi connectivity index (χ4n) is 5.16. The van der Waals surface area contributed by atoms with E-state index in [1.165, 1.54) is 11.2 Å². The molecule has 2 aliphatic carbocycles. The summed E-state index contributed by atoms with van der Waals surface area (Å²) in [6.07, 6.45) is 6.90. The summed E-state index contributed by atoms with van der Waals surface area (Å²) in [6, 6.07) is 11.1. The number of piperidine rings is 1. The number of benzene rings is 1. The first-order valence-electron chi connectivity index (χ1n) is 9.71. The van der Waals surface area contributed by atoms with Gasteiger partial charge in [-0.25, -0.2) is 4.98 Å². The van der Waals surface area contributed by atoms with Crippen LogP contribution in [0.5, 0.6) is 5.88 Å². The Labute approximate surface area is 172 Å². The van der Waals surface area contributed by atoms with Crippen LogP contribution in [0.1, 0.15) is 23.2 Å². The minimum atomic E-state index is -0.0462. The number of carbonyl (C=O) groups excluding carboxylic acids is 1. The van der Waals surface area contributed by atoms with Gasteiger partial charge in [0.25, 0.3) is 5.91 Å². The summed E-state index contributed by atoms with van der Waals surface area (Å²) in [5, 5.41) is 8.97. The summed E-state index contributed by atoms with van der Waals surface area (Å²) >= 11 is 5.92. The maximum absolute atomic E-state index is 13.5. The first-order valence-corrected chi connectivity index (χ1v) is 10.1. The molecule has 0 radical (unpaired) electrons. The third kappa shape index (κ3) is 2.50. The van der Waals surface area contributed by atoms with Crippen LogP contribution in [0.2, 0.25) is 5.02 Å². The number of rotatable bonds is 4. The van der Waals surface area contributed by atoms with Crippen molar-refractivity contribution in [3.05, 3.63) is 65.6 Å². The SMILES string of the molecule is O=C(c1ccccc1-n1nccn1)N1CC2CC23CC(Oc2ccc(Cl)cn2)C13. The largest absolute Gasteiger partial charge is 0.472 e. The second kappa shape index (κ2) is 6.03. The highest BCUT2D eigenvalue weighted by Gasteiger charge is 2.76. The highest BCUT2D eigenvalue weighted by Crippen LogP contribution is 2.71. The molecular formula is C21H18ClN5O2. The third-order valence-electron chi connectivity index (χ3n) is 6.56. The van der Waals surface area contributed by atoms with E-state index >= 15 is 0 Å². The van der Waals surface area contributed by atoms with E-state index in [2.05, 4.69) is 15.2 Å². The van der Waals surface area contributed by atoms with Crippen molar-refractivity contribution in [3.8, 4) is 11.6 Å². The summed E-state index contributed by atoms with van der Waals surface area (Å²) in [5.74, 6) is 1.13. The molecule has 1 saturated heterocycles. The van der Waals surface area contributed by atoms with Crippen LogP contribution in [0.3, 0.4) is 0 Å². The molecule has 0 bridgehead atoms. The van der Waals surface area contributed by atoms with E-state index in [1.807, 2.05) is 29.2 Å². The van der Waals surface area contributed by atoms with Gasteiger partial charge < -0.3 is 9.64 Å². The molecule has 3 fully saturated rings. The lowest BCUT2D eigenvalue weighted by molar-refractivity contribution is -0.0345. The zero-order valence-electron chi connectivity index (χ0n) is 15.5. The fourth-order valence-corrected chi connectivity index (χ4v) is 5.28. The van der Waals surface area contributed by atoms with Gasteiger partial charge in [-0.3, -0.25) is 4.79 Å². The van der Waals surface area contributed by atoms with E-state index in [1.54, 1.807) is 30.7 Å². The van der Waals surface area contributed by atoms with Crippen molar-refractivity contribution in [2.45, 2.75) is 25.0 Å². The molecule has 29 heavy (non-hydrogen) atoms. The van der Waals surface area contributed by atoms with Crippen molar-refractivity contribution in [2.75, 3.05) is 6.54 Å². The Morgan fingerprint density at radius 3 is 2.76 bits per heavy atom. The molecule has 0 N–H and O–H groups in total. The van der Waals surface area contributed by atoms with E-state index in [0.29, 0.717) is 28.1 Å². The van der Waals surface area contributed by atoms with Crippen molar-refractivity contribution < 1.29 is 9.53 Å². The van der Waals surface area contributed by atoms with Crippen molar-refractivity contribution in [1.82, 2.24) is 24.9 Å². The number of amides is 1. The van der Waals surface area contributed by atoms with Crippen LogP contribution in [0.4, 0.5) is 0 Å². The Morgan fingerprint density at radius 1 is 1.14 bits per heavy atom. The number of nitrogens with zero attached hydrogens (tertiary/aromatic N) is 5. The lowest BCUT2D eigenvalue weighted by atomic mass is 9.73. The van der Waals surface area contributed by atoms with Gasteiger partial charge in [-0.2, -0.15) is 15.0 Å². The molecule has 4 atom stereocenters. The average Bonchev–Trinajstić information content (AvgIpc) is 3.10. The summed E-state index contributed by atoms with van der Waals surface area (Å²) in [7, 11) is 0. The third-order valence-corrected chi connectivity index (χ3v) is 6.78. The number of aromatic nitrogens is 4. The topological polar surface area (TPSA) is 73.1 Å². The number of para-hydroxylation sites is 1. The molecule has 1 aliphatic heterocycles. The van der Waals surface area contributed by atoms with Gasteiger partial charge in [0.2, 0.25) is 5.88 Å². The van der Waals surface area contributed by atoms with Gasteiger partial charge in [-0.15, -0.1) is 0 Å². The predicted octanol–water partition coefficient (Wildman–Crippen LogP) is 3.00. The molecule has 2 saturated carbocycles. The standard InChI is InChI=1S/C21H18ClN5O2/c22-14-5-6-18(23-11-14)29-17-10-21-9-13(21)12-26(19(17)21)20(28)15-3-1-2-4-16(15)27-24-7-8-25-27/h1-8,11,13,17,19H,9-10,12H2. The second-order valence-corrected chi connectivity index (χ2v) is 8.48. The zero-order chi connectivity index (χ0) is 19.6. The molecular weight excluding hydrogens is 390 g/mol. The van der Waals surface area contributed by atoms with Crippen LogP contribution in [0.15, 0.2) is 55.0 Å². The Kier molecular flexibility index (Phi) is 3.53. The second-order valence-electron chi connectivity index (χ2n) is 8.05. The van der Waals surface area contributed by atoms with Crippen molar-refractivity contribution in [1.29, 1.82) is 0 Å². The zero-order valence-corrected chi connectivity index (χ0v) is 16.2. The molecule has 3 aliphatic rings. The molecule has 2 aromatic heterocycles. The maximum Gasteiger partial charge on any atom is 0.256 e. The van der Waals surface area contributed by atoms with Crippen LogP contribution in [0.25, 0.3) is 5.69 Å². The van der Waals surface area contributed by atoms with Crippen molar-refractivity contribution in [3.63, 3.8) is 0 Å². The highest BCUT2D eigenvalue weighted by atomic mass is 35.5.